The van der Waals surface area contributed by atoms with Crippen LogP contribution in [-0.2, 0) is 16.0 Å². The van der Waals surface area contributed by atoms with Crippen LogP contribution in [0.5, 0.6) is 0 Å². The third-order valence-electron chi connectivity index (χ3n) is 4.41. The molecule has 1 amide bonds. The van der Waals surface area contributed by atoms with Crippen LogP contribution in [0.1, 0.15) is 35.7 Å². The Balaban J connectivity index is 2.23. The number of carbonyl (C=O) groups is 1. The van der Waals surface area contributed by atoms with Gasteiger partial charge in [0.25, 0.3) is 0 Å². The minimum Gasteiger partial charge on any atom is -0.454 e. The van der Waals surface area contributed by atoms with E-state index in [0.717, 1.165) is 12.0 Å². The molecule has 0 radical (unpaired) electrons. The Bertz CT molecular complexity index is 1010. The van der Waals surface area contributed by atoms with Crippen LogP contribution in [-0.4, -0.2) is 31.8 Å². The van der Waals surface area contributed by atoms with Gasteiger partial charge in [0.1, 0.15) is 5.70 Å². The molecule has 0 saturated carbocycles. The van der Waals surface area contributed by atoms with Gasteiger partial charge in [-0.05, 0) is 68.5 Å². The fourth-order valence-electron chi connectivity index (χ4n) is 2.74. The van der Waals surface area contributed by atoms with E-state index >= 15 is 0 Å². The Morgan fingerprint density at radius 2 is 1.94 bits per heavy atom. The molecule has 0 aliphatic carbocycles. The molecule has 0 fully saturated rings. The predicted octanol–water partition coefficient (Wildman–Crippen LogP) is 4.15. The molecule has 1 aliphatic rings. The minimum absolute atomic E-state index is 0.160. The SMILES string of the molecule is C=NC(/C=C/C1=C(/C=C\C)OCO1)=C(/N=C\CC/C=C\C=N)NCc1ccc(C(N)=O)cc1. The maximum absolute atomic E-state index is 11.3. The largest absolute Gasteiger partial charge is 0.454 e. The highest BCUT2D eigenvalue weighted by atomic mass is 16.7. The number of hydrogen-bond donors (Lipinski definition) is 3. The lowest BCUT2D eigenvalue weighted by Crippen LogP contribution is -2.14. The number of aliphatic imine (C=N–C) groups is 2. The Morgan fingerprint density at radius 3 is 2.58 bits per heavy atom. The number of carbonyl (C=O) groups excluding carboxylic acids is 1. The van der Waals surface area contributed by atoms with Crippen molar-refractivity contribution < 1.29 is 14.3 Å². The molecule has 4 N–H and O–H groups in total. The number of nitrogens with zero attached hydrogens (tertiary/aromatic N) is 2. The van der Waals surface area contributed by atoms with Crippen LogP contribution in [0.4, 0.5) is 0 Å². The standard InChI is InChI=1S/C25H29N5O3/c1-3-8-22-23(33-18-32-22)14-13-21(28-2)25(29-16-7-5-4-6-15-26)30-17-19-9-11-20(12-10-19)24(27)31/h3-4,6,8-16,26,30H,2,5,7,17-18H2,1H3,(H2,27,31)/b6-4-,8-3-,14-13+,25-21-,26-15?,29-16-. The van der Waals surface area contributed by atoms with Crippen LogP contribution < -0.4 is 11.1 Å². The van der Waals surface area contributed by atoms with Gasteiger partial charge in [0.05, 0.1) is 0 Å². The van der Waals surface area contributed by atoms with Gasteiger partial charge in [-0.25, -0.2) is 4.99 Å². The highest BCUT2D eigenvalue weighted by Crippen LogP contribution is 2.20. The Labute approximate surface area is 194 Å². The molecule has 1 aromatic carbocycles. The van der Waals surface area contributed by atoms with E-state index < -0.39 is 5.91 Å². The molecule has 8 nitrogen and oxygen atoms in total. The highest BCUT2D eigenvalue weighted by Gasteiger charge is 2.12. The van der Waals surface area contributed by atoms with Crippen LogP contribution in [0.3, 0.4) is 0 Å². The molecule has 1 aliphatic heterocycles. The summed E-state index contributed by atoms with van der Waals surface area (Å²) in [6, 6.07) is 7.01. The van der Waals surface area contributed by atoms with E-state index in [0.29, 0.717) is 41.6 Å². The second-order valence-electron chi connectivity index (χ2n) is 6.76. The van der Waals surface area contributed by atoms with E-state index in [1.165, 1.54) is 6.21 Å². The van der Waals surface area contributed by atoms with Crippen LogP contribution in [0.2, 0.25) is 0 Å². The van der Waals surface area contributed by atoms with Crippen molar-refractivity contribution in [2.45, 2.75) is 26.3 Å². The van der Waals surface area contributed by atoms with Crippen molar-refractivity contribution >= 4 is 25.1 Å². The van der Waals surface area contributed by atoms with Crippen molar-refractivity contribution in [1.82, 2.24) is 5.32 Å². The lowest BCUT2D eigenvalue weighted by molar-refractivity contribution is 0.0778. The second kappa shape index (κ2) is 14.0. The molecular formula is C25H29N5O3. The molecule has 1 heterocycles. The average molecular weight is 448 g/mol. The van der Waals surface area contributed by atoms with Crippen molar-refractivity contribution in [2.24, 2.45) is 15.7 Å². The van der Waals surface area contributed by atoms with E-state index in [4.69, 9.17) is 20.6 Å². The van der Waals surface area contributed by atoms with Gasteiger partial charge in [0.2, 0.25) is 12.7 Å². The Hall–Kier alpha value is -4.20. The fourth-order valence-corrected chi connectivity index (χ4v) is 2.74. The summed E-state index contributed by atoms with van der Waals surface area (Å²) in [5.74, 6) is 1.30. The number of primary amides is 1. The van der Waals surface area contributed by atoms with Gasteiger partial charge >= 0.3 is 0 Å². The van der Waals surface area contributed by atoms with Gasteiger partial charge in [-0.1, -0.05) is 24.3 Å². The molecular weight excluding hydrogens is 418 g/mol. The van der Waals surface area contributed by atoms with Crippen LogP contribution in [0.25, 0.3) is 0 Å². The number of hydrogen-bond acceptors (Lipinski definition) is 7. The van der Waals surface area contributed by atoms with Gasteiger partial charge in [0, 0.05) is 24.5 Å². The molecule has 33 heavy (non-hydrogen) atoms. The molecule has 0 saturated heterocycles. The molecule has 0 spiro atoms. The first-order chi connectivity index (χ1) is 16.1. The summed E-state index contributed by atoms with van der Waals surface area (Å²) in [6.45, 7) is 6.19. The van der Waals surface area contributed by atoms with Crippen molar-refractivity contribution in [3.8, 4) is 0 Å². The molecule has 172 valence electrons. The summed E-state index contributed by atoms with van der Waals surface area (Å²) >= 11 is 0. The summed E-state index contributed by atoms with van der Waals surface area (Å²) in [6.07, 6.45) is 15.3. The first-order valence-corrected chi connectivity index (χ1v) is 10.4. The second-order valence-corrected chi connectivity index (χ2v) is 6.76. The van der Waals surface area contributed by atoms with Crippen molar-refractivity contribution in [2.75, 3.05) is 6.79 Å². The zero-order chi connectivity index (χ0) is 23.9. The molecule has 0 bridgehead atoms. The number of unbranched alkanes of at least 4 members (excludes halogenated alkanes) is 1. The van der Waals surface area contributed by atoms with E-state index in [1.54, 1.807) is 36.6 Å². The van der Waals surface area contributed by atoms with E-state index in [9.17, 15) is 4.79 Å². The number of amides is 1. The molecule has 0 aromatic heterocycles. The third kappa shape index (κ3) is 8.45. The first-order valence-electron chi connectivity index (χ1n) is 10.4. The summed E-state index contributed by atoms with van der Waals surface area (Å²) in [5.41, 5.74) is 7.22. The highest BCUT2D eigenvalue weighted by molar-refractivity contribution is 5.92. The van der Waals surface area contributed by atoms with Gasteiger partial charge in [-0.3, -0.25) is 9.79 Å². The minimum atomic E-state index is -0.468. The Morgan fingerprint density at radius 1 is 1.21 bits per heavy atom. The zero-order valence-electron chi connectivity index (χ0n) is 18.7. The fraction of sp³-hybridized carbons (Fsp3) is 0.200. The molecule has 0 unspecified atom stereocenters. The molecule has 0 atom stereocenters. The van der Waals surface area contributed by atoms with E-state index in [1.807, 2.05) is 37.3 Å². The third-order valence-corrected chi connectivity index (χ3v) is 4.41. The van der Waals surface area contributed by atoms with Crippen molar-refractivity contribution in [3.05, 3.63) is 94.9 Å². The average Bonchev–Trinajstić information content (AvgIpc) is 3.26. The molecule has 2 rings (SSSR count). The maximum Gasteiger partial charge on any atom is 0.248 e. The van der Waals surface area contributed by atoms with Crippen LogP contribution in [0.15, 0.2) is 93.7 Å². The number of benzene rings is 1. The number of allylic oxidation sites excluding steroid dienone is 6. The summed E-state index contributed by atoms with van der Waals surface area (Å²) in [4.78, 5) is 19.9. The van der Waals surface area contributed by atoms with Crippen LogP contribution in [0, 0.1) is 5.41 Å². The maximum atomic E-state index is 11.3. The number of nitrogens with one attached hydrogen (secondary N) is 2. The monoisotopic (exact) mass is 447 g/mol. The molecule has 8 heteroatoms. The first kappa shape index (κ1) is 25.1. The van der Waals surface area contributed by atoms with Crippen LogP contribution >= 0.6 is 0 Å². The van der Waals surface area contributed by atoms with Gasteiger partial charge in [0.15, 0.2) is 17.3 Å². The normalized spacial score (nSPS) is 14.7. The van der Waals surface area contributed by atoms with Gasteiger partial charge < -0.3 is 25.9 Å². The number of ether oxygens (including phenoxy) is 2. The summed E-state index contributed by atoms with van der Waals surface area (Å²) in [5, 5.41) is 10.3. The predicted molar refractivity (Wildman–Crippen MR) is 132 cm³/mol. The summed E-state index contributed by atoms with van der Waals surface area (Å²) in [7, 11) is 0. The zero-order valence-corrected chi connectivity index (χ0v) is 18.7. The number of nitrogens with two attached hydrogens (primary N) is 1. The lowest BCUT2D eigenvalue weighted by atomic mass is 10.1. The lowest BCUT2D eigenvalue weighted by Gasteiger charge is -2.09. The quantitative estimate of drug-likeness (QED) is 0.239. The number of rotatable bonds is 13. The van der Waals surface area contributed by atoms with Gasteiger partial charge in [-0.15, -0.1) is 0 Å². The van der Waals surface area contributed by atoms with E-state index in [2.05, 4.69) is 22.0 Å². The Kier molecular flexibility index (Phi) is 10.6. The summed E-state index contributed by atoms with van der Waals surface area (Å²) < 4.78 is 10.9. The van der Waals surface area contributed by atoms with E-state index in [-0.39, 0.29) is 6.79 Å². The molecule has 1 aromatic rings. The topological polar surface area (TPSA) is 122 Å². The smallest absolute Gasteiger partial charge is 0.248 e. The van der Waals surface area contributed by atoms with Crippen molar-refractivity contribution in [1.29, 1.82) is 5.41 Å². The van der Waals surface area contributed by atoms with Crippen molar-refractivity contribution in [3.63, 3.8) is 0 Å². The van der Waals surface area contributed by atoms with Gasteiger partial charge in [-0.2, -0.15) is 0 Å².